The Morgan fingerprint density at radius 1 is 1.15 bits per heavy atom. The standard InChI is InChI=1S/C18H20N2O7/c1-11(19-17(22)14-5-4-8-26-14)18(23)27-10-16(21)20-13-7-6-12(24-2)9-15(13)25-3/h4-9,11H,10H2,1-3H3,(H,19,22)(H,20,21)/t11-/m0/s1. The van der Waals surface area contributed by atoms with Crippen molar-refractivity contribution in [3.05, 3.63) is 42.4 Å². The second-order valence-corrected chi connectivity index (χ2v) is 5.39. The zero-order valence-corrected chi connectivity index (χ0v) is 15.1. The number of esters is 1. The van der Waals surface area contributed by atoms with Gasteiger partial charge in [-0.25, -0.2) is 4.79 Å². The molecular formula is C18H20N2O7. The molecule has 27 heavy (non-hydrogen) atoms. The molecule has 144 valence electrons. The van der Waals surface area contributed by atoms with E-state index in [1.165, 1.54) is 33.5 Å². The first kappa shape index (κ1) is 19.8. The van der Waals surface area contributed by atoms with E-state index in [0.717, 1.165) is 0 Å². The minimum Gasteiger partial charge on any atom is -0.497 e. The average Bonchev–Trinajstić information content (AvgIpc) is 3.21. The van der Waals surface area contributed by atoms with E-state index < -0.39 is 30.4 Å². The van der Waals surface area contributed by atoms with Crippen LogP contribution in [0.15, 0.2) is 41.0 Å². The van der Waals surface area contributed by atoms with Gasteiger partial charge in [0.25, 0.3) is 11.8 Å². The molecule has 0 fully saturated rings. The van der Waals surface area contributed by atoms with Crippen LogP contribution >= 0.6 is 0 Å². The van der Waals surface area contributed by atoms with Gasteiger partial charge in [-0.1, -0.05) is 0 Å². The molecule has 0 aliphatic heterocycles. The van der Waals surface area contributed by atoms with Crippen LogP contribution < -0.4 is 20.1 Å². The van der Waals surface area contributed by atoms with Gasteiger partial charge >= 0.3 is 5.97 Å². The van der Waals surface area contributed by atoms with E-state index in [9.17, 15) is 14.4 Å². The van der Waals surface area contributed by atoms with Gasteiger partial charge in [0.1, 0.15) is 17.5 Å². The fourth-order valence-electron chi connectivity index (χ4n) is 2.08. The molecule has 0 radical (unpaired) electrons. The third-order valence-corrected chi connectivity index (χ3v) is 3.47. The molecule has 0 spiro atoms. The molecule has 1 aromatic heterocycles. The van der Waals surface area contributed by atoms with Crippen molar-refractivity contribution in [3.8, 4) is 11.5 Å². The minimum atomic E-state index is -0.953. The highest BCUT2D eigenvalue weighted by Crippen LogP contribution is 2.28. The summed E-state index contributed by atoms with van der Waals surface area (Å²) in [4.78, 5) is 35.7. The van der Waals surface area contributed by atoms with Gasteiger partial charge in [-0.2, -0.15) is 0 Å². The highest BCUT2D eigenvalue weighted by atomic mass is 16.5. The van der Waals surface area contributed by atoms with Crippen LogP contribution in [-0.2, 0) is 14.3 Å². The van der Waals surface area contributed by atoms with Gasteiger partial charge in [0, 0.05) is 6.07 Å². The van der Waals surface area contributed by atoms with Crippen molar-refractivity contribution in [2.45, 2.75) is 13.0 Å². The lowest BCUT2D eigenvalue weighted by molar-refractivity contribution is -0.148. The Bertz CT molecular complexity index is 802. The molecule has 2 rings (SSSR count). The highest BCUT2D eigenvalue weighted by Gasteiger charge is 2.20. The Hall–Kier alpha value is -3.49. The number of ether oxygens (including phenoxy) is 3. The third-order valence-electron chi connectivity index (χ3n) is 3.47. The van der Waals surface area contributed by atoms with E-state index in [1.54, 1.807) is 24.3 Å². The summed E-state index contributed by atoms with van der Waals surface area (Å²) in [5.74, 6) is -0.843. The zero-order chi connectivity index (χ0) is 19.8. The van der Waals surface area contributed by atoms with Crippen LogP contribution in [0.3, 0.4) is 0 Å². The van der Waals surface area contributed by atoms with E-state index in [0.29, 0.717) is 17.2 Å². The van der Waals surface area contributed by atoms with Crippen molar-refractivity contribution in [2.75, 3.05) is 26.1 Å². The summed E-state index contributed by atoms with van der Waals surface area (Å²) in [7, 11) is 2.96. The van der Waals surface area contributed by atoms with E-state index in [2.05, 4.69) is 10.6 Å². The van der Waals surface area contributed by atoms with Crippen molar-refractivity contribution in [2.24, 2.45) is 0 Å². The van der Waals surface area contributed by atoms with Crippen molar-refractivity contribution in [1.82, 2.24) is 5.32 Å². The van der Waals surface area contributed by atoms with Crippen LogP contribution in [0.4, 0.5) is 5.69 Å². The number of rotatable bonds is 8. The summed E-state index contributed by atoms with van der Waals surface area (Å²) in [5, 5.41) is 4.98. The van der Waals surface area contributed by atoms with Gasteiger partial charge in [0.05, 0.1) is 26.2 Å². The van der Waals surface area contributed by atoms with E-state index in [1.807, 2.05) is 0 Å². The average molecular weight is 376 g/mol. The molecule has 9 nitrogen and oxygen atoms in total. The Kier molecular flexibility index (Phi) is 6.81. The van der Waals surface area contributed by atoms with Gasteiger partial charge < -0.3 is 29.3 Å². The molecule has 0 saturated carbocycles. The molecule has 0 aliphatic carbocycles. The fourth-order valence-corrected chi connectivity index (χ4v) is 2.08. The first-order valence-electron chi connectivity index (χ1n) is 7.97. The SMILES string of the molecule is COc1ccc(NC(=O)COC(=O)[C@H](C)NC(=O)c2ccco2)c(OC)c1. The molecule has 0 bridgehead atoms. The van der Waals surface area contributed by atoms with Crippen LogP contribution in [-0.4, -0.2) is 44.7 Å². The van der Waals surface area contributed by atoms with Crippen molar-refractivity contribution in [3.63, 3.8) is 0 Å². The summed E-state index contributed by atoms with van der Waals surface area (Å²) in [6, 6.07) is 6.91. The fraction of sp³-hybridized carbons (Fsp3) is 0.278. The highest BCUT2D eigenvalue weighted by molar-refractivity contribution is 5.96. The number of nitrogens with one attached hydrogen (secondary N) is 2. The Labute approximate surface area is 155 Å². The maximum atomic E-state index is 12.0. The van der Waals surface area contributed by atoms with Crippen molar-refractivity contribution >= 4 is 23.5 Å². The lowest BCUT2D eigenvalue weighted by atomic mass is 10.2. The van der Waals surface area contributed by atoms with Crippen LogP contribution in [0, 0.1) is 0 Å². The number of benzene rings is 1. The number of methoxy groups -OCH3 is 2. The largest absolute Gasteiger partial charge is 0.497 e. The van der Waals surface area contributed by atoms with Gasteiger partial charge in [0.15, 0.2) is 12.4 Å². The molecular weight excluding hydrogens is 356 g/mol. The third kappa shape index (κ3) is 5.50. The summed E-state index contributed by atoms with van der Waals surface area (Å²) in [5.41, 5.74) is 0.401. The lowest BCUT2D eigenvalue weighted by Gasteiger charge is -2.14. The molecule has 9 heteroatoms. The predicted octanol–water partition coefficient (Wildman–Crippen LogP) is 1.60. The van der Waals surface area contributed by atoms with E-state index >= 15 is 0 Å². The number of hydrogen-bond donors (Lipinski definition) is 2. The summed E-state index contributed by atoms with van der Waals surface area (Å²) >= 11 is 0. The van der Waals surface area contributed by atoms with Crippen LogP contribution in [0.1, 0.15) is 17.5 Å². The molecule has 1 aromatic carbocycles. The van der Waals surface area contributed by atoms with Crippen LogP contribution in [0.5, 0.6) is 11.5 Å². The lowest BCUT2D eigenvalue weighted by Crippen LogP contribution is -2.40. The first-order chi connectivity index (χ1) is 12.9. The summed E-state index contributed by atoms with van der Waals surface area (Å²) in [6.07, 6.45) is 1.34. The van der Waals surface area contributed by atoms with Crippen molar-refractivity contribution in [1.29, 1.82) is 0 Å². The second-order valence-electron chi connectivity index (χ2n) is 5.39. The Morgan fingerprint density at radius 3 is 2.56 bits per heavy atom. The van der Waals surface area contributed by atoms with Gasteiger partial charge in [-0.05, 0) is 31.2 Å². The maximum absolute atomic E-state index is 12.0. The van der Waals surface area contributed by atoms with Gasteiger partial charge in [-0.15, -0.1) is 0 Å². The van der Waals surface area contributed by atoms with Gasteiger partial charge in [0.2, 0.25) is 0 Å². The summed E-state index contributed by atoms with van der Waals surface area (Å²) in [6.45, 7) is 0.919. The van der Waals surface area contributed by atoms with E-state index in [4.69, 9.17) is 18.6 Å². The second kappa shape index (κ2) is 9.27. The summed E-state index contributed by atoms with van der Waals surface area (Å²) < 4.78 is 20.1. The molecule has 0 unspecified atom stereocenters. The topological polar surface area (TPSA) is 116 Å². The Morgan fingerprint density at radius 2 is 1.93 bits per heavy atom. The maximum Gasteiger partial charge on any atom is 0.328 e. The van der Waals surface area contributed by atoms with Gasteiger partial charge in [-0.3, -0.25) is 9.59 Å². The normalized spacial score (nSPS) is 11.2. The number of hydrogen-bond acceptors (Lipinski definition) is 7. The first-order valence-corrected chi connectivity index (χ1v) is 7.97. The molecule has 2 aromatic rings. The molecule has 0 saturated heterocycles. The van der Waals surface area contributed by atoms with Crippen molar-refractivity contribution < 1.29 is 33.0 Å². The quantitative estimate of drug-likeness (QED) is 0.672. The number of anilines is 1. The van der Waals surface area contributed by atoms with Crippen LogP contribution in [0.2, 0.25) is 0 Å². The number of carbonyl (C=O) groups excluding carboxylic acids is 3. The monoisotopic (exact) mass is 376 g/mol. The minimum absolute atomic E-state index is 0.0685. The molecule has 1 atom stereocenters. The predicted molar refractivity (Wildman–Crippen MR) is 94.8 cm³/mol. The molecule has 2 amide bonds. The molecule has 0 aliphatic rings. The molecule has 2 N–H and O–H groups in total. The number of carbonyl (C=O) groups is 3. The molecule has 1 heterocycles. The number of furan rings is 1. The Balaban J connectivity index is 1.84. The smallest absolute Gasteiger partial charge is 0.328 e. The zero-order valence-electron chi connectivity index (χ0n) is 15.1. The van der Waals surface area contributed by atoms with Crippen LogP contribution in [0.25, 0.3) is 0 Å². The number of amides is 2. The van der Waals surface area contributed by atoms with E-state index in [-0.39, 0.29) is 5.76 Å².